The van der Waals surface area contributed by atoms with E-state index in [-0.39, 0.29) is 12.5 Å². The average molecular weight is 432 g/mol. The molecule has 0 spiro atoms. The molecule has 160 valence electrons. The lowest BCUT2D eigenvalue weighted by atomic mass is 10.2. The Balaban J connectivity index is 1.57. The maximum Gasteiger partial charge on any atom is 0.242 e. The Morgan fingerprint density at radius 1 is 1.13 bits per heavy atom. The molecule has 0 atom stereocenters. The quantitative estimate of drug-likeness (QED) is 0.601. The molecular weight excluding hydrogens is 406 g/mol. The van der Waals surface area contributed by atoms with Crippen molar-refractivity contribution >= 4 is 35.3 Å². The highest BCUT2D eigenvalue weighted by Gasteiger charge is 2.23. The highest BCUT2D eigenvalue weighted by molar-refractivity contribution is 6.32. The van der Waals surface area contributed by atoms with Crippen LogP contribution < -0.4 is 19.3 Å². The molecule has 1 heterocycles. The Hall–Kier alpha value is -2.93. The molecule has 2 aromatic rings. The minimum atomic E-state index is -0.0793. The Kier molecular flexibility index (Phi) is 7.41. The number of ether oxygens (including phenoxy) is 2. The molecule has 0 unspecified atom stereocenters. The zero-order valence-corrected chi connectivity index (χ0v) is 18.0. The summed E-state index contributed by atoms with van der Waals surface area (Å²) < 4.78 is 10.7. The molecule has 1 aliphatic heterocycles. The molecule has 1 aliphatic rings. The predicted octanol–water partition coefficient (Wildman–Crippen LogP) is 3.06. The lowest BCUT2D eigenvalue weighted by Crippen LogP contribution is -2.51. The molecule has 1 saturated heterocycles. The van der Waals surface area contributed by atoms with Crippen LogP contribution in [0, 0.1) is 0 Å². The number of amides is 2. The molecule has 8 heteroatoms. The third-order valence-electron chi connectivity index (χ3n) is 5.04. The molecule has 0 radical (unpaired) electrons. The SMILES string of the molecule is CCOc1ccc(N(C=O)CC(=O)N2CCN(c3ccc(Cl)c(OC)c3)CC2)cc1. The van der Waals surface area contributed by atoms with Crippen molar-refractivity contribution in [3.63, 3.8) is 0 Å². The molecular formula is C22H26ClN3O4. The standard InChI is InChI=1S/C22H26ClN3O4/c1-3-30-19-7-4-17(5-8-19)26(16-27)15-22(28)25-12-10-24(11-13-25)18-6-9-20(23)21(14-18)29-2/h4-9,14,16H,3,10-13,15H2,1-2H3. The van der Waals surface area contributed by atoms with Crippen molar-refractivity contribution in [2.24, 2.45) is 0 Å². The van der Waals surface area contributed by atoms with Crippen molar-refractivity contribution in [1.29, 1.82) is 0 Å². The van der Waals surface area contributed by atoms with Gasteiger partial charge in [-0.05, 0) is 43.3 Å². The van der Waals surface area contributed by atoms with Gasteiger partial charge in [0.05, 0.1) is 18.7 Å². The summed E-state index contributed by atoms with van der Waals surface area (Å²) >= 11 is 6.10. The minimum absolute atomic E-state index is 0.00620. The van der Waals surface area contributed by atoms with Gasteiger partial charge in [0, 0.05) is 43.6 Å². The van der Waals surface area contributed by atoms with E-state index in [1.807, 2.05) is 25.1 Å². The highest BCUT2D eigenvalue weighted by Crippen LogP contribution is 2.29. The van der Waals surface area contributed by atoms with Crippen LogP contribution in [0.25, 0.3) is 0 Å². The topological polar surface area (TPSA) is 62.3 Å². The van der Waals surface area contributed by atoms with Gasteiger partial charge >= 0.3 is 0 Å². The first-order valence-corrected chi connectivity index (χ1v) is 10.2. The van der Waals surface area contributed by atoms with Crippen molar-refractivity contribution in [3.8, 4) is 11.5 Å². The van der Waals surface area contributed by atoms with Gasteiger partial charge in [-0.3, -0.25) is 9.59 Å². The monoisotopic (exact) mass is 431 g/mol. The number of hydrogen-bond acceptors (Lipinski definition) is 5. The van der Waals surface area contributed by atoms with E-state index in [1.165, 1.54) is 4.90 Å². The number of halogens is 1. The molecule has 0 bridgehead atoms. The first-order chi connectivity index (χ1) is 14.5. The van der Waals surface area contributed by atoms with E-state index in [0.717, 1.165) is 11.4 Å². The van der Waals surface area contributed by atoms with Crippen molar-refractivity contribution in [3.05, 3.63) is 47.5 Å². The van der Waals surface area contributed by atoms with Crippen LogP contribution in [0.3, 0.4) is 0 Å². The third-order valence-corrected chi connectivity index (χ3v) is 5.36. The Labute approximate surface area is 181 Å². The first-order valence-electron chi connectivity index (χ1n) is 9.86. The number of anilines is 2. The second-order valence-electron chi connectivity index (χ2n) is 6.85. The van der Waals surface area contributed by atoms with Crippen LogP contribution in [0.1, 0.15) is 6.92 Å². The fraction of sp³-hybridized carbons (Fsp3) is 0.364. The van der Waals surface area contributed by atoms with Crippen LogP contribution in [0.4, 0.5) is 11.4 Å². The number of carbonyl (C=O) groups excluding carboxylic acids is 2. The summed E-state index contributed by atoms with van der Waals surface area (Å²) in [7, 11) is 1.59. The Morgan fingerprint density at radius 3 is 2.43 bits per heavy atom. The van der Waals surface area contributed by atoms with Gasteiger partial charge in [-0.25, -0.2) is 0 Å². The van der Waals surface area contributed by atoms with E-state index >= 15 is 0 Å². The molecule has 0 N–H and O–H groups in total. The van der Waals surface area contributed by atoms with E-state index in [4.69, 9.17) is 21.1 Å². The van der Waals surface area contributed by atoms with Gasteiger partial charge in [0.25, 0.3) is 0 Å². The van der Waals surface area contributed by atoms with Crippen molar-refractivity contribution < 1.29 is 19.1 Å². The predicted molar refractivity (Wildman–Crippen MR) is 118 cm³/mol. The third kappa shape index (κ3) is 5.16. The molecule has 2 amide bonds. The number of methoxy groups -OCH3 is 1. The van der Waals surface area contributed by atoms with Gasteiger partial charge in [-0.15, -0.1) is 0 Å². The highest BCUT2D eigenvalue weighted by atomic mass is 35.5. The van der Waals surface area contributed by atoms with Crippen LogP contribution in [0.2, 0.25) is 5.02 Å². The summed E-state index contributed by atoms with van der Waals surface area (Å²) in [5, 5.41) is 0.568. The Bertz CT molecular complexity index is 867. The number of benzene rings is 2. The van der Waals surface area contributed by atoms with Gasteiger partial charge in [-0.2, -0.15) is 0 Å². The van der Waals surface area contributed by atoms with Crippen LogP contribution in [-0.4, -0.2) is 63.7 Å². The van der Waals surface area contributed by atoms with E-state index in [9.17, 15) is 9.59 Å². The van der Waals surface area contributed by atoms with Crippen molar-refractivity contribution in [2.45, 2.75) is 6.92 Å². The summed E-state index contributed by atoms with van der Waals surface area (Å²) in [6.07, 6.45) is 0.684. The fourth-order valence-corrected chi connectivity index (χ4v) is 3.59. The maximum absolute atomic E-state index is 12.7. The largest absolute Gasteiger partial charge is 0.495 e. The summed E-state index contributed by atoms with van der Waals surface area (Å²) in [5.74, 6) is 1.28. The van der Waals surface area contributed by atoms with Crippen LogP contribution in [0.15, 0.2) is 42.5 Å². The van der Waals surface area contributed by atoms with Gasteiger partial charge in [0.1, 0.15) is 18.0 Å². The lowest BCUT2D eigenvalue weighted by Gasteiger charge is -2.36. The number of rotatable bonds is 8. The van der Waals surface area contributed by atoms with Gasteiger partial charge in [0.2, 0.25) is 12.3 Å². The lowest BCUT2D eigenvalue weighted by molar-refractivity contribution is -0.130. The number of nitrogens with zero attached hydrogens (tertiary/aromatic N) is 3. The van der Waals surface area contributed by atoms with Gasteiger partial charge < -0.3 is 24.2 Å². The van der Waals surface area contributed by atoms with Crippen LogP contribution in [0.5, 0.6) is 11.5 Å². The number of hydrogen-bond donors (Lipinski definition) is 0. The number of carbonyl (C=O) groups is 2. The summed E-state index contributed by atoms with van der Waals surface area (Å²) in [6, 6.07) is 12.8. The minimum Gasteiger partial charge on any atom is -0.495 e. The molecule has 0 aliphatic carbocycles. The second kappa shape index (κ2) is 10.2. The van der Waals surface area contributed by atoms with E-state index < -0.39 is 0 Å². The summed E-state index contributed by atoms with van der Waals surface area (Å²) in [4.78, 5) is 29.7. The van der Waals surface area contributed by atoms with Crippen LogP contribution in [-0.2, 0) is 9.59 Å². The fourth-order valence-electron chi connectivity index (χ4n) is 3.39. The smallest absolute Gasteiger partial charge is 0.242 e. The molecule has 30 heavy (non-hydrogen) atoms. The molecule has 0 aromatic heterocycles. The average Bonchev–Trinajstić information content (AvgIpc) is 2.78. The van der Waals surface area contributed by atoms with E-state index in [0.29, 0.717) is 55.7 Å². The van der Waals surface area contributed by atoms with Crippen molar-refractivity contribution in [1.82, 2.24) is 4.90 Å². The van der Waals surface area contributed by atoms with E-state index in [1.54, 1.807) is 36.3 Å². The summed E-state index contributed by atoms with van der Waals surface area (Å²) in [6.45, 7) is 5.05. The van der Waals surface area contributed by atoms with Crippen LogP contribution >= 0.6 is 11.6 Å². The molecule has 1 fully saturated rings. The maximum atomic E-state index is 12.7. The molecule has 2 aromatic carbocycles. The molecule has 3 rings (SSSR count). The zero-order chi connectivity index (χ0) is 21.5. The summed E-state index contributed by atoms with van der Waals surface area (Å²) in [5.41, 5.74) is 1.67. The number of piperazine rings is 1. The normalized spacial score (nSPS) is 13.7. The first kappa shape index (κ1) is 21.8. The Morgan fingerprint density at radius 2 is 1.83 bits per heavy atom. The van der Waals surface area contributed by atoms with Gasteiger partial charge in [-0.1, -0.05) is 11.6 Å². The molecule has 7 nitrogen and oxygen atoms in total. The molecule has 0 saturated carbocycles. The zero-order valence-electron chi connectivity index (χ0n) is 17.2. The second-order valence-corrected chi connectivity index (χ2v) is 7.25. The van der Waals surface area contributed by atoms with E-state index in [2.05, 4.69) is 4.90 Å². The van der Waals surface area contributed by atoms with Crippen molar-refractivity contribution in [2.75, 3.05) is 56.2 Å². The van der Waals surface area contributed by atoms with Gasteiger partial charge in [0.15, 0.2) is 0 Å².